The molecule has 0 unspecified atom stereocenters. The summed E-state index contributed by atoms with van der Waals surface area (Å²) < 4.78 is 6.11. The Labute approximate surface area is 115 Å². The molecule has 0 atom stereocenters. The van der Waals surface area contributed by atoms with Crippen LogP contribution in [0.25, 0.3) is 23.0 Å². The summed E-state index contributed by atoms with van der Waals surface area (Å²) in [6.07, 6.45) is 0. The molecular formula is C11H7BrN4OS. The summed E-state index contributed by atoms with van der Waals surface area (Å²) in [6, 6.07) is 5.50. The first-order chi connectivity index (χ1) is 8.74. The molecule has 0 aliphatic carbocycles. The Morgan fingerprint density at radius 1 is 1.33 bits per heavy atom. The number of hydrogen-bond donors (Lipinski definition) is 1. The second-order valence-corrected chi connectivity index (χ2v) is 5.16. The van der Waals surface area contributed by atoms with Crippen molar-refractivity contribution >= 4 is 33.0 Å². The van der Waals surface area contributed by atoms with Crippen LogP contribution in [-0.2, 0) is 0 Å². The quantitative estimate of drug-likeness (QED) is 0.733. The third kappa shape index (κ3) is 2.02. The lowest BCUT2D eigenvalue weighted by atomic mass is 10.2. The van der Waals surface area contributed by atoms with Crippen molar-refractivity contribution in [3.8, 4) is 23.0 Å². The van der Waals surface area contributed by atoms with Gasteiger partial charge in [-0.05, 0) is 18.2 Å². The van der Waals surface area contributed by atoms with Crippen LogP contribution in [0, 0.1) is 0 Å². The summed E-state index contributed by atoms with van der Waals surface area (Å²) in [5, 5.41) is 5.75. The first kappa shape index (κ1) is 11.4. The van der Waals surface area contributed by atoms with Gasteiger partial charge in [-0.2, -0.15) is 4.98 Å². The molecule has 2 N–H and O–H groups in total. The lowest BCUT2D eigenvalue weighted by Crippen LogP contribution is -1.90. The standard InChI is InChI=1S/C11H7BrN4OS/c12-6-1-2-7(8(13)3-6)11-15-10(16-17-11)9-4-18-5-14-9/h1-5H,13H2. The van der Waals surface area contributed by atoms with E-state index in [9.17, 15) is 0 Å². The molecule has 0 spiro atoms. The van der Waals surface area contributed by atoms with Gasteiger partial charge in [0.05, 0.1) is 11.1 Å². The minimum Gasteiger partial charge on any atom is -0.398 e. The minimum atomic E-state index is 0.392. The van der Waals surface area contributed by atoms with E-state index < -0.39 is 0 Å². The van der Waals surface area contributed by atoms with Crippen LogP contribution in [0.5, 0.6) is 0 Å². The SMILES string of the molecule is Nc1cc(Br)ccc1-c1nc(-c2cscn2)no1. The molecule has 0 saturated heterocycles. The van der Waals surface area contributed by atoms with Crippen LogP contribution in [0.3, 0.4) is 0 Å². The van der Waals surface area contributed by atoms with Gasteiger partial charge in [-0.1, -0.05) is 21.1 Å². The average molecular weight is 323 g/mol. The highest BCUT2D eigenvalue weighted by Gasteiger charge is 2.14. The Balaban J connectivity index is 2.03. The third-order valence-corrected chi connectivity index (χ3v) is 3.41. The molecule has 0 saturated carbocycles. The first-order valence-corrected chi connectivity index (χ1v) is 6.75. The molecule has 2 heterocycles. The van der Waals surface area contributed by atoms with Gasteiger partial charge < -0.3 is 10.3 Å². The molecule has 1 aromatic carbocycles. The highest BCUT2D eigenvalue weighted by molar-refractivity contribution is 9.10. The number of hydrogen-bond acceptors (Lipinski definition) is 6. The summed E-state index contributed by atoms with van der Waals surface area (Å²) in [6.45, 7) is 0. The number of halogens is 1. The van der Waals surface area contributed by atoms with E-state index in [1.54, 1.807) is 11.6 Å². The molecule has 0 amide bonds. The van der Waals surface area contributed by atoms with Crippen molar-refractivity contribution in [2.24, 2.45) is 0 Å². The predicted molar refractivity (Wildman–Crippen MR) is 73.0 cm³/mol. The Hall–Kier alpha value is -1.73. The smallest absolute Gasteiger partial charge is 0.260 e. The van der Waals surface area contributed by atoms with Crippen molar-refractivity contribution in [3.63, 3.8) is 0 Å². The number of nitrogens with zero attached hydrogens (tertiary/aromatic N) is 3. The monoisotopic (exact) mass is 322 g/mol. The fraction of sp³-hybridized carbons (Fsp3) is 0. The van der Waals surface area contributed by atoms with Gasteiger partial charge in [0.15, 0.2) is 0 Å². The maximum atomic E-state index is 5.91. The lowest BCUT2D eigenvalue weighted by Gasteiger charge is -2.00. The molecule has 7 heteroatoms. The van der Waals surface area contributed by atoms with Gasteiger partial charge in [-0.25, -0.2) is 4.98 Å². The molecule has 0 radical (unpaired) electrons. The van der Waals surface area contributed by atoms with E-state index in [-0.39, 0.29) is 0 Å². The topological polar surface area (TPSA) is 77.8 Å². The van der Waals surface area contributed by atoms with Gasteiger partial charge in [0, 0.05) is 15.5 Å². The molecule has 18 heavy (non-hydrogen) atoms. The van der Waals surface area contributed by atoms with Crippen LogP contribution in [0.1, 0.15) is 0 Å². The number of nitrogen functional groups attached to an aromatic ring is 1. The number of anilines is 1. The van der Waals surface area contributed by atoms with Gasteiger partial charge in [-0.3, -0.25) is 0 Å². The van der Waals surface area contributed by atoms with Crippen LogP contribution >= 0.6 is 27.3 Å². The minimum absolute atomic E-state index is 0.392. The molecule has 3 rings (SSSR count). The van der Waals surface area contributed by atoms with Crippen molar-refractivity contribution in [1.82, 2.24) is 15.1 Å². The fourth-order valence-corrected chi connectivity index (χ4v) is 2.40. The van der Waals surface area contributed by atoms with Crippen molar-refractivity contribution in [2.75, 3.05) is 5.73 Å². The van der Waals surface area contributed by atoms with E-state index in [1.807, 2.05) is 17.5 Å². The van der Waals surface area contributed by atoms with E-state index in [0.29, 0.717) is 28.7 Å². The number of thiazole rings is 1. The van der Waals surface area contributed by atoms with E-state index in [4.69, 9.17) is 10.3 Å². The van der Waals surface area contributed by atoms with E-state index in [0.717, 1.165) is 4.47 Å². The normalized spacial score (nSPS) is 10.7. The summed E-state index contributed by atoms with van der Waals surface area (Å²) >= 11 is 4.83. The van der Waals surface area contributed by atoms with E-state index in [1.165, 1.54) is 11.3 Å². The maximum absolute atomic E-state index is 5.91. The van der Waals surface area contributed by atoms with Crippen molar-refractivity contribution in [1.29, 1.82) is 0 Å². The molecule has 3 aromatic rings. The van der Waals surface area contributed by atoms with Crippen LogP contribution in [0.15, 0.2) is 38.1 Å². The Bertz CT molecular complexity index is 680. The largest absolute Gasteiger partial charge is 0.398 e. The summed E-state index contributed by atoms with van der Waals surface area (Å²) in [4.78, 5) is 8.41. The van der Waals surface area contributed by atoms with Gasteiger partial charge in [0.25, 0.3) is 5.89 Å². The van der Waals surface area contributed by atoms with Gasteiger partial charge in [0.1, 0.15) is 5.69 Å². The number of benzene rings is 1. The summed E-state index contributed by atoms with van der Waals surface area (Å²) in [7, 11) is 0. The second kappa shape index (κ2) is 4.51. The fourth-order valence-electron chi connectivity index (χ4n) is 1.49. The van der Waals surface area contributed by atoms with Crippen LogP contribution in [0.4, 0.5) is 5.69 Å². The number of rotatable bonds is 2. The van der Waals surface area contributed by atoms with Crippen molar-refractivity contribution in [2.45, 2.75) is 0 Å². The molecule has 2 aromatic heterocycles. The van der Waals surface area contributed by atoms with Gasteiger partial charge in [0.2, 0.25) is 5.82 Å². The van der Waals surface area contributed by atoms with E-state index in [2.05, 4.69) is 31.1 Å². The molecule has 90 valence electrons. The molecule has 0 bridgehead atoms. The molecular weight excluding hydrogens is 316 g/mol. The summed E-state index contributed by atoms with van der Waals surface area (Å²) in [5.41, 5.74) is 9.63. The second-order valence-electron chi connectivity index (χ2n) is 3.53. The van der Waals surface area contributed by atoms with Crippen LogP contribution in [0.2, 0.25) is 0 Å². The molecule has 0 aliphatic rings. The average Bonchev–Trinajstić information content (AvgIpc) is 2.99. The third-order valence-electron chi connectivity index (χ3n) is 2.33. The molecule has 0 aliphatic heterocycles. The van der Waals surface area contributed by atoms with Gasteiger partial charge in [-0.15, -0.1) is 11.3 Å². The van der Waals surface area contributed by atoms with Crippen LogP contribution in [-0.4, -0.2) is 15.1 Å². The van der Waals surface area contributed by atoms with Crippen molar-refractivity contribution < 1.29 is 4.52 Å². The van der Waals surface area contributed by atoms with Crippen LogP contribution < -0.4 is 5.73 Å². The Morgan fingerprint density at radius 2 is 2.22 bits per heavy atom. The van der Waals surface area contributed by atoms with Crippen molar-refractivity contribution in [3.05, 3.63) is 33.6 Å². The molecule has 0 fully saturated rings. The Morgan fingerprint density at radius 3 is 2.94 bits per heavy atom. The lowest BCUT2D eigenvalue weighted by molar-refractivity contribution is 0.432. The highest BCUT2D eigenvalue weighted by Crippen LogP contribution is 2.28. The zero-order valence-corrected chi connectivity index (χ0v) is 11.4. The number of nitrogens with two attached hydrogens (primary N) is 1. The van der Waals surface area contributed by atoms with Gasteiger partial charge >= 0.3 is 0 Å². The zero-order chi connectivity index (χ0) is 12.5. The zero-order valence-electron chi connectivity index (χ0n) is 9.00. The summed E-state index contributed by atoms with van der Waals surface area (Å²) in [5.74, 6) is 0.858. The number of aromatic nitrogens is 3. The molecule has 5 nitrogen and oxygen atoms in total. The maximum Gasteiger partial charge on any atom is 0.260 e. The van der Waals surface area contributed by atoms with E-state index >= 15 is 0 Å². The Kier molecular flexibility index (Phi) is 2.85. The predicted octanol–water partition coefficient (Wildman–Crippen LogP) is 3.20. The highest BCUT2D eigenvalue weighted by atomic mass is 79.9. The first-order valence-electron chi connectivity index (χ1n) is 5.02.